The smallest absolute Gasteiger partial charge is 0.186 e. The van der Waals surface area contributed by atoms with Crippen LogP contribution in [0.5, 0.6) is 0 Å². The van der Waals surface area contributed by atoms with E-state index in [4.69, 9.17) is 10.7 Å². The van der Waals surface area contributed by atoms with Crippen LogP contribution >= 0.6 is 11.3 Å². The first-order valence-corrected chi connectivity index (χ1v) is 7.26. The molecule has 0 amide bonds. The maximum absolute atomic E-state index is 5.85. The molecule has 0 spiro atoms. The zero-order valence-electron chi connectivity index (χ0n) is 11.3. The number of nitrogens with zero attached hydrogens (tertiary/aromatic N) is 2. The third-order valence-electron chi connectivity index (χ3n) is 3.16. The highest BCUT2D eigenvalue weighted by Crippen LogP contribution is 2.38. The van der Waals surface area contributed by atoms with Crippen LogP contribution in [0.3, 0.4) is 0 Å². The highest BCUT2D eigenvalue weighted by atomic mass is 32.1. The maximum Gasteiger partial charge on any atom is 0.186 e. The molecule has 1 aliphatic carbocycles. The van der Waals surface area contributed by atoms with Crippen molar-refractivity contribution in [3.05, 3.63) is 10.6 Å². The van der Waals surface area contributed by atoms with E-state index < -0.39 is 0 Å². The van der Waals surface area contributed by atoms with Gasteiger partial charge in [0.2, 0.25) is 0 Å². The van der Waals surface area contributed by atoms with E-state index in [-0.39, 0.29) is 5.41 Å². The molecule has 0 aliphatic heterocycles. The molecule has 1 aliphatic rings. The molecule has 0 bridgehead atoms. The zero-order valence-corrected chi connectivity index (χ0v) is 12.1. The Balaban J connectivity index is 2.32. The quantitative estimate of drug-likeness (QED) is 0.897. The van der Waals surface area contributed by atoms with E-state index in [9.17, 15) is 0 Å². The summed E-state index contributed by atoms with van der Waals surface area (Å²) in [4.78, 5) is 8.52. The largest absolute Gasteiger partial charge is 0.345 e. The first-order chi connectivity index (χ1) is 7.97. The van der Waals surface area contributed by atoms with Crippen molar-refractivity contribution in [3.63, 3.8) is 0 Å². The van der Waals surface area contributed by atoms with Gasteiger partial charge in [0, 0.05) is 29.4 Å². The highest BCUT2D eigenvalue weighted by molar-refractivity contribution is 7.15. The standard InChI is InChI=1S/C13H23N3S/c1-5-16(9-6-7-9)12-15-11(13(2,3)4)10(8-14)17-12/h9H,5-8,14H2,1-4H3. The summed E-state index contributed by atoms with van der Waals surface area (Å²) in [5.74, 6) is 0. The lowest BCUT2D eigenvalue weighted by Gasteiger charge is -2.20. The molecule has 0 unspecified atom stereocenters. The van der Waals surface area contributed by atoms with E-state index in [2.05, 4.69) is 32.6 Å². The summed E-state index contributed by atoms with van der Waals surface area (Å²) in [6.45, 7) is 10.5. The Hall–Kier alpha value is -0.610. The van der Waals surface area contributed by atoms with E-state index in [1.807, 2.05) is 0 Å². The van der Waals surface area contributed by atoms with Crippen LogP contribution < -0.4 is 10.6 Å². The van der Waals surface area contributed by atoms with Crippen molar-refractivity contribution in [3.8, 4) is 0 Å². The number of anilines is 1. The molecule has 0 atom stereocenters. The molecule has 4 heteroatoms. The van der Waals surface area contributed by atoms with E-state index in [0.717, 1.165) is 12.6 Å². The molecule has 0 radical (unpaired) electrons. The number of nitrogens with two attached hydrogens (primary N) is 1. The topological polar surface area (TPSA) is 42.2 Å². The molecule has 2 rings (SSSR count). The Morgan fingerprint density at radius 1 is 1.41 bits per heavy atom. The van der Waals surface area contributed by atoms with Gasteiger partial charge in [-0.15, -0.1) is 11.3 Å². The lowest BCUT2D eigenvalue weighted by Crippen LogP contribution is -2.25. The van der Waals surface area contributed by atoms with Crippen molar-refractivity contribution in [2.24, 2.45) is 5.73 Å². The normalized spacial score (nSPS) is 16.3. The summed E-state index contributed by atoms with van der Waals surface area (Å²) in [6, 6.07) is 0.726. The van der Waals surface area contributed by atoms with Crippen molar-refractivity contribution >= 4 is 16.5 Å². The highest BCUT2D eigenvalue weighted by Gasteiger charge is 2.32. The van der Waals surface area contributed by atoms with E-state index in [1.54, 1.807) is 11.3 Å². The average molecular weight is 253 g/mol. The van der Waals surface area contributed by atoms with E-state index in [0.29, 0.717) is 6.54 Å². The number of aromatic nitrogens is 1. The van der Waals surface area contributed by atoms with Crippen LogP contribution in [-0.2, 0) is 12.0 Å². The van der Waals surface area contributed by atoms with Gasteiger partial charge in [-0.1, -0.05) is 20.8 Å². The van der Waals surface area contributed by atoms with Crippen molar-refractivity contribution in [2.75, 3.05) is 11.4 Å². The fourth-order valence-corrected chi connectivity index (χ4v) is 3.41. The predicted molar refractivity (Wildman–Crippen MR) is 74.7 cm³/mol. The minimum absolute atomic E-state index is 0.0897. The monoisotopic (exact) mass is 253 g/mol. The van der Waals surface area contributed by atoms with Crippen LogP contribution in [0.25, 0.3) is 0 Å². The molecule has 2 N–H and O–H groups in total. The molecule has 0 aromatic carbocycles. The third-order valence-corrected chi connectivity index (χ3v) is 4.27. The van der Waals surface area contributed by atoms with Gasteiger partial charge < -0.3 is 10.6 Å². The second-order valence-corrected chi connectivity index (χ2v) is 6.80. The molecule has 0 saturated heterocycles. The molecule has 1 aromatic heterocycles. The van der Waals surface area contributed by atoms with E-state index >= 15 is 0 Å². The van der Waals surface area contributed by atoms with Crippen LogP contribution in [0.2, 0.25) is 0 Å². The molecule has 1 heterocycles. The number of rotatable bonds is 4. The number of thiazole rings is 1. The summed E-state index contributed by atoms with van der Waals surface area (Å²) in [5, 5.41) is 1.17. The first kappa shape index (κ1) is 12.8. The predicted octanol–water partition coefficient (Wildman–Crippen LogP) is 2.89. The van der Waals surface area contributed by atoms with E-state index in [1.165, 1.54) is 28.5 Å². The van der Waals surface area contributed by atoms with Gasteiger partial charge in [0.05, 0.1) is 5.69 Å². The van der Waals surface area contributed by atoms with Gasteiger partial charge >= 0.3 is 0 Å². The molecular formula is C13H23N3S. The van der Waals surface area contributed by atoms with Gasteiger partial charge in [-0.3, -0.25) is 0 Å². The lowest BCUT2D eigenvalue weighted by atomic mass is 9.91. The molecule has 3 nitrogen and oxygen atoms in total. The average Bonchev–Trinajstić information content (AvgIpc) is 2.96. The van der Waals surface area contributed by atoms with Gasteiger partial charge in [-0.2, -0.15) is 0 Å². The fourth-order valence-electron chi connectivity index (χ4n) is 2.12. The van der Waals surface area contributed by atoms with Gasteiger partial charge in [-0.05, 0) is 19.8 Å². The molecular weight excluding hydrogens is 230 g/mol. The zero-order chi connectivity index (χ0) is 12.6. The van der Waals surface area contributed by atoms with Crippen LogP contribution in [0, 0.1) is 0 Å². The minimum atomic E-state index is 0.0897. The van der Waals surface area contributed by atoms with Crippen LogP contribution in [-0.4, -0.2) is 17.6 Å². The van der Waals surface area contributed by atoms with Gasteiger partial charge in [0.1, 0.15) is 0 Å². The van der Waals surface area contributed by atoms with Crippen LogP contribution in [0.4, 0.5) is 5.13 Å². The summed E-state index contributed by atoms with van der Waals surface area (Å²) in [7, 11) is 0. The van der Waals surface area contributed by atoms with Crippen LogP contribution in [0.1, 0.15) is 51.1 Å². The van der Waals surface area contributed by atoms with Crippen molar-refractivity contribution in [1.29, 1.82) is 0 Å². The van der Waals surface area contributed by atoms with Crippen molar-refractivity contribution in [2.45, 2.75) is 58.5 Å². The molecule has 1 aromatic rings. The first-order valence-electron chi connectivity index (χ1n) is 6.44. The Morgan fingerprint density at radius 2 is 2.06 bits per heavy atom. The van der Waals surface area contributed by atoms with Gasteiger partial charge in [-0.25, -0.2) is 4.98 Å². The number of hydrogen-bond donors (Lipinski definition) is 1. The Labute approximate surface area is 108 Å². The summed E-state index contributed by atoms with van der Waals surface area (Å²) >= 11 is 1.78. The SMILES string of the molecule is CCN(c1nc(C(C)(C)C)c(CN)s1)C1CC1. The maximum atomic E-state index is 5.85. The third kappa shape index (κ3) is 2.63. The van der Waals surface area contributed by atoms with Gasteiger partial charge in [0.15, 0.2) is 5.13 Å². The van der Waals surface area contributed by atoms with Crippen molar-refractivity contribution in [1.82, 2.24) is 4.98 Å². The summed E-state index contributed by atoms with van der Waals surface area (Å²) in [6.07, 6.45) is 2.63. The second kappa shape index (κ2) is 4.58. The number of hydrogen-bond acceptors (Lipinski definition) is 4. The molecule has 1 saturated carbocycles. The molecule has 17 heavy (non-hydrogen) atoms. The Morgan fingerprint density at radius 3 is 2.41 bits per heavy atom. The lowest BCUT2D eigenvalue weighted by molar-refractivity contribution is 0.565. The summed E-state index contributed by atoms with van der Waals surface area (Å²) in [5.41, 5.74) is 7.12. The van der Waals surface area contributed by atoms with Crippen LogP contribution in [0.15, 0.2) is 0 Å². The molecule has 1 fully saturated rings. The fraction of sp³-hybridized carbons (Fsp3) is 0.769. The van der Waals surface area contributed by atoms with Gasteiger partial charge in [0.25, 0.3) is 0 Å². The summed E-state index contributed by atoms with van der Waals surface area (Å²) < 4.78 is 0. The Bertz CT molecular complexity index is 388. The second-order valence-electron chi connectivity index (χ2n) is 5.74. The minimum Gasteiger partial charge on any atom is -0.345 e. The van der Waals surface area contributed by atoms with Crippen molar-refractivity contribution < 1.29 is 0 Å². The Kier molecular flexibility index (Phi) is 3.46. The molecule has 96 valence electrons.